The first kappa shape index (κ1) is 27.4. The minimum atomic E-state index is 0.565. The van der Waals surface area contributed by atoms with Crippen LogP contribution in [0.15, 0.2) is 158 Å². The van der Waals surface area contributed by atoms with Gasteiger partial charge in [0.2, 0.25) is 0 Å². The lowest BCUT2D eigenvalue weighted by Gasteiger charge is -2.18. The van der Waals surface area contributed by atoms with Crippen molar-refractivity contribution in [3.8, 4) is 45.8 Å². The van der Waals surface area contributed by atoms with Crippen LogP contribution in [-0.2, 0) is 0 Å². The van der Waals surface area contributed by atoms with Gasteiger partial charge in [-0.3, -0.25) is 0 Å². The average molecular weight is 611 g/mol. The molecular formula is C44H26N4. The van der Waals surface area contributed by atoms with E-state index in [1.54, 1.807) is 0 Å². The van der Waals surface area contributed by atoms with E-state index in [4.69, 9.17) is 0 Å². The second kappa shape index (κ2) is 10.9. The van der Waals surface area contributed by atoms with Crippen molar-refractivity contribution in [2.45, 2.75) is 0 Å². The highest BCUT2D eigenvalue weighted by Crippen LogP contribution is 2.41. The summed E-state index contributed by atoms with van der Waals surface area (Å²) in [5.74, 6) is 0. The molecule has 0 aliphatic heterocycles. The average Bonchev–Trinajstić information content (AvgIpc) is 3.67. The third-order valence-corrected chi connectivity index (χ3v) is 9.36. The van der Waals surface area contributed by atoms with E-state index in [2.05, 4.69) is 143 Å². The zero-order valence-corrected chi connectivity index (χ0v) is 25.8. The molecule has 0 aliphatic rings. The van der Waals surface area contributed by atoms with E-state index in [9.17, 15) is 10.5 Å². The highest BCUT2D eigenvalue weighted by molar-refractivity contribution is 6.11. The number of nitrogens with zero attached hydrogens (tertiary/aromatic N) is 4. The second-order valence-electron chi connectivity index (χ2n) is 12.0. The lowest BCUT2D eigenvalue weighted by atomic mass is 9.91. The number of hydrogen-bond donors (Lipinski definition) is 0. The normalized spacial score (nSPS) is 11.3. The molecule has 2 heterocycles. The van der Waals surface area contributed by atoms with E-state index in [-0.39, 0.29) is 0 Å². The number of nitriles is 2. The zero-order chi connectivity index (χ0) is 32.2. The lowest BCUT2D eigenvalue weighted by Crippen LogP contribution is -1.99. The number of hydrogen-bond acceptors (Lipinski definition) is 2. The first-order valence-corrected chi connectivity index (χ1v) is 15.9. The van der Waals surface area contributed by atoms with E-state index in [0.717, 1.165) is 66.5 Å². The molecule has 0 spiro atoms. The summed E-state index contributed by atoms with van der Waals surface area (Å²) in [6.45, 7) is 0. The van der Waals surface area contributed by atoms with Crippen molar-refractivity contribution < 1.29 is 0 Å². The maximum atomic E-state index is 10.3. The second-order valence-corrected chi connectivity index (χ2v) is 12.0. The molecule has 4 nitrogen and oxygen atoms in total. The van der Waals surface area contributed by atoms with Crippen molar-refractivity contribution in [1.82, 2.24) is 9.13 Å². The molecule has 0 saturated carbocycles. The minimum absolute atomic E-state index is 0.565. The monoisotopic (exact) mass is 610 g/mol. The van der Waals surface area contributed by atoms with Crippen LogP contribution in [-0.4, -0.2) is 9.13 Å². The molecule has 9 aromatic rings. The van der Waals surface area contributed by atoms with E-state index in [0.29, 0.717) is 11.1 Å². The molecule has 9 rings (SSSR count). The number of aromatic nitrogens is 2. The first-order chi connectivity index (χ1) is 23.7. The molecule has 0 radical (unpaired) electrons. The van der Waals surface area contributed by atoms with Crippen molar-refractivity contribution >= 4 is 43.6 Å². The fourth-order valence-electron chi connectivity index (χ4n) is 7.33. The van der Waals surface area contributed by atoms with Crippen LogP contribution < -0.4 is 0 Å². The minimum Gasteiger partial charge on any atom is -0.309 e. The quantitative estimate of drug-likeness (QED) is 0.199. The van der Waals surface area contributed by atoms with Gasteiger partial charge in [0.1, 0.15) is 0 Å². The Labute approximate surface area is 277 Å². The van der Waals surface area contributed by atoms with E-state index in [1.807, 2.05) is 36.4 Å². The van der Waals surface area contributed by atoms with Gasteiger partial charge < -0.3 is 9.13 Å². The molecule has 4 heteroatoms. The Morgan fingerprint density at radius 1 is 0.375 bits per heavy atom. The highest BCUT2D eigenvalue weighted by Gasteiger charge is 2.19. The van der Waals surface area contributed by atoms with Crippen LogP contribution in [0.5, 0.6) is 0 Å². The fraction of sp³-hybridized carbons (Fsp3) is 0. The summed E-state index contributed by atoms with van der Waals surface area (Å²) in [7, 11) is 0. The molecular weight excluding hydrogens is 585 g/mol. The van der Waals surface area contributed by atoms with Crippen LogP contribution in [0.1, 0.15) is 11.1 Å². The van der Waals surface area contributed by atoms with Gasteiger partial charge in [-0.2, -0.15) is 10.5 Å². The van der Waals surface area contributed by atoms with Gasteiger partial charge in [-0.25, -0.2) is 0 Å². The number of rotatable bonds is 4. The maximum Gasteiger partial charge on any atom is 0.0992 e. The van der Waals surface area contributed by atoms with Crippen LogP contribution in [0.4, 0.5) is 0 Å². The van der Waals surface area contributed by atoms with Gasteiger partial charge in [0, 0.05) is 32.8 Å². The largest absolute Gasteiger partial charge is 0.309 e. The van der Waals surface area contributed by atoms with Gasteiger partial charge in [-0.05, 0) is 77.4 Å². The van der Waals surface area contributed by atoms with E-state index in [1.165, 1.54) is 10.8 Å². The van der Waals surface area contributed by atoms with Crippen molar-refractivity contribution in [2.75, 3.05) is 0 Å². The predicted octanol–water partition coefficient (Wildman–Crippen LogP) is 11.0. The summed E-state index contributed by atoms with van der Waals surface area (Å²) in [4.78, 5) is 0. The smallest absolute Gasteiger partial charge is 0.0992 e. The third-order valence-electron chi connectivity index (χ3n) is 9.36. The van der Waals surface area contributed by atoms with Gasteiger partial charge in [0.25, 0.3) is 0 Å². The van der Waals surface area contributed by atoms with Crippen molar-refractivity contribution in [2.24, 2.45) is 0 Å². The van der Waals surface area contributed by atoms with Crippen molar-refractivity contribution in [3.63, 3.8) is 0 Å². The van der Waals surface area contributed by atoms with Crippen molar-refractivity contribution in [3.05, 3.63) is 169 Å². The molecule has 0 amide bonds. The Balaban J connectivity index is 1.32. The standard InChI is InChI=1S/C44H26N4/c45-27-29-21-22-33(31-23-30(28-46)24-32(26-31)47-40-16-6-1-11-34(40)35-12-2-7-17-41(35)47)39(25-29)38-15-5-10-20-44(38)48-42-18-8-3-13-36(42)37-14-4-9-19-43(37)48/h1-26H. The Hall–Kier alpha value is -6.88. The predicted molar refractivity (Wildman–Crippen MR) is 195 cm³/mol. The summed E-state index contributed by atoms with van der Waals surface area (Å²) in [6, 6.07) is 58.8. The number of fused-ring (bicyclic) bond motifs is 6. The lowest BCUT2D eigenvalue weighted by molar-refractivity contribution is 1.18. The summed E-state index contributed by atoms with van der Waals surface area (Å²) >= 11 is 0. The molecule has 222 valence electrons. The van der Waals surface area contributed by atoms with Crippen LogP contribution in [0.3, 0.4) is 0 Å². The van der Waals surface area contributed by atoms with Crippen molar-refractivity contribution in [1.29, 1.82) is 10.5 Å². The Kier molecular flexibility index (Phi) is 6.22. The fourth-order valence-corrected chi connectivity index (χ4v) is 7.33. The SMILES string of the molecule is N#Cc1cc(-c2ccc(C#N)cc2-c2ccccc2-n2c3ccccc3c3ccccc32)cc(-n2c3ccccc3c3ccccc32)c1. The zero-order valence-electron chi connectivity index (χ0n) is 25.8. The van der Waals surface area contributed by atoms with E-state index >= 15 is 0 Å². The molecule has 0 N–H and O–H groups in total. The van der Waals surface area contributed by atoms with E-state index < -0.39 is 0 Å². The highest BCUT2D eigenvalue weighted by atomic mass is 15.0. The summed E-state index contributed by atoms with van der Waals surface area (Å²) in [6.07, 6.45) is 0. The molecule has 0 fully saturated rings. The van der Waals surface area contributed by atoms with Gasteiger partial charge in [0.05, 0.1) is 51.0 Å². The molecule has 0 aliphatic carbocycles. The molecule has 0 unspecified atom stereocenters. The van der Waals surface area contributed by atoms with Crippen LogP contribution in [0, 0.1) is 22.7 Å². The topological polar surface area (TPSA) is 57.4 Å². The molecule has 0 bridgehead atoms. The maximum absolute atomic E-state index is 10.3. The van der Waals surface area contributed by atoms with Gasteiger partial charge in [0.15, 0.2) is 0 Å². The van der Waals surface area contributed by atoms with Gasteiger partial charge >= 0.3 is 0 Å². The summed E-state index contributed by atoms with van der Waals surface area (Å²) in [5, 5.41) is 25.0. The molecule has 7 aromatic carbocycles. The molecule has 48 heavy (non-hydrogen) atoms. The number of benzene rings is 7. The summed E-state index contributed by atoms with van der Waals surface area (Å²) in [5.41, 5.74) is 11.2. The van der Waals surface area contributed by atoms with Crippen LogP contribution >= 0.6 is 0 Å². The third kappa shape index (κ3) is 4.14. The molecule has 0 saturated heterocycles. The van der Waals surface area contributed by atoms with Crippen LogP contribution in [0.2, 0.25) is 0 Å². The van der Waals surface area contributed by atoms with Gasteiger partial charge in [-0.1, -0.05) is 97.1 Å². The Morgan fingerprint density at radius 2 is 0.875 bits per heavy atom. The Bertz CT molecular complexity index is 2710. The van der Waals surface area contributed by atoms with Crippen LogP contribution in [0.25, 0.3) is 77.2 Å². The van der Waals surface area contributed by atoms with Gasteiger partial charge in [-0.15, -0.1) is 0 Å². The number of para-hydroxylation sites is 5. The molecule has 0 atom stereocenters. The first-order valence-electron chi connectivity index (χ1n) is 15.9. The molecule has 2 aromatic heterocycles. The Morgan fingerprint density at radius 3 is 1.44 bits per heavy atom. The summed E-state index contributed by atoms with van der Waals surface area (Å²) < 4.78 is 4.56.